The fourth-order valence-electron chi connectivity index (χ4n) is 3.24. The summed E-state index contributed by atoms with van der Waals surface area (Å²) in [5.74, 6) is 0.0160. The van der Waals surface area contributed by atoms with E-state index < -0.39 is 0 Å². The maximum absolute atomic E-state index is 12.6. The Kier molecular flexibility index (Phi) is 6.94. The standard InChI is InChI=1S/C20H22Cl3N3O2/c1-3-25-6-8-26(9-7-25)18-5-4-14(12-15(18)21)24-20(27)13-10-16(22)19(28-2)17(23)11-13/h4-5,10-12H,3,6-9H2,1-2H3,(H,24,27). The Bertz CT molecular complexity index is 845. The van der Waals surface area contributed by atoms with Crippen molar-refractivity contribution in [3.63, 3.8) is 0 Å². The third kappa shape index (κ3) is 4.66. The zero-order chi connectivity index (χ0) is 20.3. The normalized spacial score (nSPS) is 14.8. The van der Waals surface area contributed by atoms with Crippen molar-refractivity contribution in [2.75, 3.05) is 50.1 Å². The topological polar surface area (TPSA) is 44.8 Å². The van der Waals surface area contributed by atoms with Crippen molar-refractivity contribution >= 4 is 52.1 Å². The fraction of sp³-hybridized carbons (Fsp3) is 0.350. The summed E-state index contributed by atoms with van der Waals surface area (Å²) in [4.78, 5) is 17.2. The van der Waals surface area contributed by atoms with Crippen LogP contribution in [0.5, 0.6) is 5.75 Å². The zero-order valence-corrected chi connectivity index (χ0v) is 18.0. The van der Waals surface area contributed by atoms with E-state index in [0.717, 1.165) is 38.4 Å². The van der Waals surface area contributed by atoms with Crippen LogP contribution in [0.2, 0.25) is 15.1 Å². The lowest BCUT2D eigenvalue weighted by Gasteiger charge is -2.36. The Balaban J connectivity index is 1.72. The average molecular weight is 443 g/mol. The number of likely N-dealkylation sites (N-methyl/N-ethyl adjacent to an activating group) is 1. The van der Waals surface area contributed by atoms with Crippen molar-refractivity contribution in [1.82, 2.24) is 4.90 Å². The van der Waals surface area contributed by atoms with E-state index >= 15 is 0 Å². The molecule has 150 valence electrons. The van der Waals surface area contributed by atoms with Gasteiger partial charge in [0.05, 0.1) is 27.9 Å². The molecule has 3 rings (SSSR count). The van der Waals surface area contributed by atoms with Crippen LogP contribution in [0.4, 0.5) is 11.4 Å². The van der Waals surface area contributed by atoms with Crippen LogP contribution in [0.1, 0.15) is 17.3 Å². The van der Waals surface area contributed by atoms with E-state index in [2.05, 4.69) is 22.0 Å². The van der Waals surface area contributed by atoms with Gasteiger partial charge in [-0.1, -0.05) is 41.7 Å². The van der Waals surface area contributed by atoms with E-state index in [9.17, 15) is 4.79 Å². The molecule has 1 aliphatic heterocycles. The van der Waals surface area contributed by atoms with Gasteiger partial charge in [-0.3, -0.25) is 4.79 Å². The zero-order valence-electron chi connectivity index (χ0n) is 15.8. The molecule has 0 aromatic heterocycles. The molecule has 1 N–H and O–H groups in total. The van der Waals surface area contributed by atoms with E-state index in [1.165, 1.54) is 19.2 Å². The van der Waals surface area contributed by atoms with Crippen LogP contribution < -0.4 is 15.0 Å². The van der Waals surface area contributed by atoms with Gasteiger partial charge in [0, 0.05) is 37.4 Å². The molecule has 1 fully saturated rings. The number of ether oxygens (including phenoxy) is 1. The second-order valence-corrected chi connectivity index (χ2v) is 7.74. The number of hydrogen-bond acceptors (Lipinski definition) is 4. The number of piperazine rings is 1. The summed E-state index contributed by atoms with van der Waals surface area (Å²) < 4.78 is 5.11. The van der Waals surface area contributed by atoms with Crippen molar-refractivity contribution in [1.29, 1.82) is 0 Å². The molecule has 0 radical (unpaired) electrons. The Morgan fingerprint density at radius 2 is 1.68 bits per heavy atom. The molecule has 0 spiro atoms. The SMILES string of the molecule is CCN1CCN(c2ccc(NC(=O)c3cc(Cl)c(OC)c(Cl)c3)cc2Cl)CC1. The van der Waals surface area contributed by atoms with Crippen LogP contribution >= 0.6 is 34.8 Å². The van der Waals surface area contributed by atoms with Gasteiger partial charge in [-0.25, -0.2) is 0 Å². The van der Waals surface area contributed by atoms with E-state index in [1.807, 2.05) is 12.1 Å². The summed E-state index contributed by atoms with van der Waals surface area (Å²) in [5.41, 5.74) is 1.92. The Morgan fingerprint density at radius 1 is 1.04 bits per heavy atom. The molecule has 1 aliphatic rings. The number of carbonyl (C=O) groups is 1. The van der Waals surface area contributed by atoms with Gasteiger partial charge in [-0.15, -0.1) is 0 Å². The molecular formula is C20H22Cl3N3O2. The predicted octanol–water partition coefficient (Wildman–Crippen LogP) is 5.05. The van der Waals surface area contributed by atoms with Gasteiger partial charge in [0.15, 0.2) is 5.75 Å². The molecule has 5 nitrogen and oxygen atoms in total. The van der Waals surface area contributed by atoms with Crippen molar-refractivity contribution in [2.24, 2.45) is 0 Å². The predicted molar refractivity (Wildman–Crippen MR) is 117 cm³/mol. The molecule has 1 heterocycles. The highest BCUT2D eigenvalue weighted by molar-refractivity contribution is 6.38. The monoisotopic (exact) mass is 441 g/mol. The van der Waals surface area contributed by atoms with Crippen LogP contribution in [0, 0.1) is 0 Å². The first kappa shape index (κ1) is 21.1. The average Bonchev–Trinajstić information content (AvgIpc) is 2.68. The van der Waals surface area contributed by atoms with Gasteiger partial charge in [-0.2, -0.15) is 0 Å². The van der Waals surface area contributed by atoms with Gasteiger partial charge in [0.2, 0.25) is 0 Å². The lowest BCUT2D eigenvalue weighted by Crippen LogP contribution is -2.46. The van der Waals surface area contributed by atoms with E-state index in [0.29, 0.717) is 22.0 Å². The maximum Gasteiger partial charge on any atom is 0.255 e. The number of anilines is 2. The van der Waals surface area contributed by atoms with Gasteiger partial charge in [-0.05, 0) is 36.9 Å². The quantitative estimate of drug-likeness (QED) is 0.704. The van der Waals surface area contributed by atoms with Gasteiger partial charge in [0.25, 0.3) is 5.91 Å². The minimum absolute atomic E-state index is 0.278. The smallest absolute Gasteiger partial charge is 0.255 e. The fourth-order valence-corrected chi connectivity index (χ4v) is 4.18. The highest BCUT2D eigenvalue weighted by Gasteiger charge is 2.19. The number of amides is 1. The molecule has 2 aromatic rings. The Morgan fingerprint density at radius 3 is 2.21 bits per heavy atom. The third-order valence-corrected chi connectivity index (χ3v) is 5.69. The molecule has 8 heteroatoms. The second-order valence-electron chi connectivity index (χ2n) is 6.51. The molecule has 28 heavy (non-hydrogen) atoms. The summed E-state index contributed by atoms with van der Waals surface area (Å²) in [7, 11) is 1.47. The largest absolute Gasteiger partial charge is 0.494 e. The first-order valence-corrected chi connectivity index (χ1v) is 10.2. The number of benzene rings is 2. The molecular weight excluding hydrogens is 421 g/mol. The number of rotatable bonds is 5. The lowest BCUT2D eigenvalue weighted by atomic mass is 10.2. The van der Waals surface area contributed by atoms with Crippen molar-refractivity contribution < 1.29 is 9.53 Å². The number of methoxy groups -OCH3 is 1. The van der Waals surface area contributed by atoms with E-state index in [-0.39, 0.29) is 16.0 Å². The highest BCUT2D eigenvalue weighted by Crippen LogP contribution is 2.34. The molecule has 1 amide bonds. The van der Waals surface area contributed by atoms with Crippen LogP contribution in [0.25, 0.3) is 0 Å². The van der Waals surface area contributed by atoms with Crippen LogP contribution in [0.3, 0.4) is 0 Å². The number of halogens is 3. The molecule has 0 unspecified atom stereocenters. The molecule has 0 aliphatic carbocycles. The van der Waals surface area contributed by atoms with Crippen LogP contribution in [-0.4, -0.2) is 50.6 Å². The Labute approximate surface area is 180 Å². The summed E-state index contributed by atoms with van der Waals surface area (Å²) in [5, 5.41) is 3.99. The number of nitrogens with one attached hydrogen (secondary N) is 1. The molecule has 0 atom stereocenters. The summed E-state index contributed by atoms with van der Waals surface area (Å²) in [6.07, 6.45) is 0. The second kappa shape index (κ2) is 9.23. The molecule has 2 aromatic carbocycles. The summed E-state index contributed by atoms with van der Waals surface area (Å²) >= 11 is 18.7. The Hall–Kier alpha value is -1.66. The van der Waals surface area contributed by atoms with E-state index in [1.54, 1.807) is 6.07 Å². The lowest BCUT2D eigenvalue weighted by molar-refractivity contribution is 0.102. The number of nitrogens with zero attached hydrogens (tertiary/aromatic N) is 2. The first-order valence-electron chi connectivity index (χ1n) is 9.04. The van der Waals surface area contributed by atoms with Gasteiger partial charge in [0.1, 0.15) is 0 Å². The minimum Gasteiger partial charge on any atom is -0.494 e. The van der Waals surface area contributed by atoms with Crippen LogP contribution in [0.15, 0.2) is 30.3 Å². The highest BCUT2D eigenvalue weighted by atomic mass is 35.5. The van der Waals surface area contributed by atoms with E-state index in [4.69, 9.17) is 39.5 Å². The molecule has 1 saturated heterocycles. The van der Waals surface area contributed by atoms with Gasteiger partial charge < -0.3 is 19.9 Å². The number of carbonyl (C=O) groups excluding carboxylic acids is 1. The van der Waals surface area contributed by atoms with Crippen molar-refractivity contribution in [3.05, 3.63) is 51.0 Å². The first-order chi connectivity index (χ1) is 13.4. The van der Waals surface area contributed by atoms with Crippen molar-refractivity contribution in [2.45, 2.75) is 6.92 Å². The summed E-state index contributed by atoms with van der Waals surface area (Å²) in [6.45, 7) is 7.13. The number of hydrogen-bond donors (Lipinski definition) is 1. The maximum atomic E-state index is 12.6. The van der Waals surface area contributed by atoms with Gasteiger partial charge >= 0.3 is 0 Å². The molecule has 0 saturated carbocycles. The van der Waals surface area contributed by atoms with Crippen LogP contribution in [-0.2, 0) is 0 Å². The third-order valence-electron chi connectivity index (χ3n) is 4.83. The van der Waals surface area contributed by atoms with Crippen molar-refractivity contribution in [3.8, 4) is 5.75 Å². The minimum atomic E-state index is -0.327. The summed E-state index contributed by atoms with van der Waals surface area (Å²) in [6, 6.07) is 8.58. The molecule has 0 bridgehead atoms.